The van der Waals surface area contributed by atoms with Gasteiger partial charge in [0.05, 0.1) is 46.5 Å². The summed E-state index contributed by atoms with van der Waals surface area (Å²) in [5, 5.41) is 17.9. The van der Waals surface area contributed by atoms with E-state index in [1.54, 1.807) is 75.1 Å². The zero-order chi connectivity index (χ0) is 46.9. The lowest BCUT2D eigenvalue weighted by Gasteiger charge is -2.31. The zero-order valence-electron chi connectivity index (χ0n) is 37.6. The number of aliphatic hydroxyl groups excluding tert-OH is 1. The van der Waals surface area contributed by atoms with Crippen molar-refractivity contribution in [1.29, 1.82) is 0 Å². The van der Waals surface area contributed by atoms with Crippen LogP contribution in [0.25, 0.3) is 0 Å². The number of nitrogens with zero attached hydrogens (tertiary/aromatic N) is 6. The summed E-state index contributed by atoms with van der Waals surface area (Å²) in [4.78, 5) is 49.5. The molecule has 0 saturated carbocycles. The van der Waals surface area contributed by atoms with E-state index in [0.717, 1.165) is 5.56 Å². The van der Waals surface area contributed by atoms with E-state index in [0.29, 0.717) is 93.2 Å². The topological polar surface area (TPSA) is 140 Å². The van der Waals surface area contributed by atoms with Crippen molar-refractivity contribution < 1.29 is 37.8 Å². The first-order valence-electron chi connectivity index (χ1n) is 22.8. The molecule has 3 amide bonds. The fourth-order valence-electron chi connectivity index (χ4n) is 10.6. The molecule has 11 rings (SSSR count). The summed E-state index contributed by atoms with van der Waals surface area (Å²) < 4.78 is 38.4. The van der Waals surface area contributed by atoms with Crippen LogP contribution in [0.5, 0.6) is 23.0 Å². The highest BCUT2D eigenvalue weighted by molar-refractivity contribution is 6.72. The fourth-order valence-corrected chi connectivity index (χ4v) is 13.1. The molecule has 4 aliphatic rings. The van der Waals surface area contributed by atoms with Gasteiger partial charge in [-0.3, -0.25) is 28.9 Å². The Morgan fingerprint density at radius 3 is 1.87 bits per heavy atom. The molecule has 1 saturated heterocycles. The monoisotopic (exact) mass is 926 g/mol. The molecule has 4 atom stereocenters. The van der Waals surface area contributed by atoms with Crippen LogP contribution in [0.3, 0.4) is 0 Å². The van der Waals surface area contributed by atoms with Gasteiger partial charge < -0.3 is 28.3 Å². The number of amides is 3. The van der Waals surface area contributed by atoms with E-state index in [2.05, 4.69) is 10.3 Å². The normalized spacial score (nSPS) is 20.5. The molecule has 0 unspecified atom stereocenters. The van der Waals surface area contributed by atoms with Gasteiger partial charge in [0.1, 0.15) is 11.5 Å². The van der Waals surface area contributed by atoms with Gasteiger partial charge in [-0.15, -0.1) is 5.10 Å². The summed E-state index contributed by atoms with van der Waals surface area (Å²) in [7, 11) is -3.56. The summed E-state index contributed by atoms with van der Waals surface area (Å²) in [5.74, 6) is 0.389. The summed E-state index contributed by atoms with van der Waals surface area (Å²) in [6.07, 6.45) is 1.79. The predicted molar refractivity (Wildman–Crippen MR) is 256 cm³/mol. The molecule has 7 aromatic rings. The molecule has 4 aliphatic heterocycles. The Morgan fingerprint density at radius 2 is 1.26 bits per heavy atom. The lowest BCUT2D eigenvalue weighted by Crippen LogP contribution is -2.45. The van der Waals surface area contributed by atoms with Crippen LogP contribution >= 0.6 is 0 Å². The van der Waals surface area contributed by atoms with Gasteiger partial charge in [0, 0.05) is 54.2 Å². The van der Waals surface area contributed by atoms with E-state index in [4.69, 9.17) is 14.2 Å². The van der Waals surface area contributed by atoms with Crippen molar-refractivity contribution in [2.45, 2.75) is 63.2 Å². The van der Waals surface area contributed by atoms with Crippen molar-refractivity contribution in [2.24, 2.45) is 5.92 Å². The molecule has 0 aliphatic carbocycles. The largest absolute Gasteiger partial charge is 0.454 e. The third kappa shape index (κ3) is 7.07. The minimum absolute atomic E-state index is 0.0659. The number of hydrogen-bond acceptors (Lipinski definition) is 9. The van der Waals surface area contributed by atoms with Crippen LogP contribution in [0.4, 0.5) is 32.5 Å². The number of aryl methyl sites for hydroxylation is 1. The van der Waals surface area contributed by atoms with E-state index in [9.17, 15) is 14.7 Å². The van der Waals surface area contributed by atoms with Crippen molar-refractivity contribution in [3.8, 4) is 23.0 Å². The second-order valence-corrected chi connectivity index (χ2v) is 22.0. The average molecular weight is 927 g/mol. The minimum atomic E-state index is -3.56. The lowest BCUT2D eigenvalue weighted by molar-refractivity contribution is -0.146. The molecular formula is C53H47FN6O7Si. The maximum atomic E-state index is 17.0. The molecule has 342 valence electrons. The molecule has 1 fully saturated rings. The zero-order valence-corrected chi connectivity index (χ0v) is 38.6. The number of para-hydroxylation sites is 6. The molecule has 1 spiro atoms. The van der Waals surface area contributed by atoms with Crippen LogP contribution in [0, 0.1) is 5.92 Å². The molecule has 68 heavy (non-hydrogen) atoms. The van der Waals surface area contributed by atoms with Crippen LogP contribution in [-0.2, 0) is 34.6 Å². The Hall–Kier alpha value is -7.46. The molecule has 0 radical (unpaired) electrons. The third-order valence-corrected chi connectivity index (χ3v) is 16.1. The predicted octanol–water partition coefficient (Wildman–Crippen LogP) is 10.4. The second-order valence-electron chi connectivity index (χ2n) is 18.2. The highest BCUT2D eigenvalue weighted by Gasteiger charge is 2.66. The SMILES string of the molecule is C[C@@H]1[C@@H]([Si](C)(C)F)[C@H](CCn2cc(CCO)nn2)O[C@@]12C(=O)N(Cc1ccc(N3C(=O)c4ccccc4Oc4ccccc43)cc1)c1ccc(N3C(=O)c4ccccc4Oc4ccccc43)cc12. The van der Waals surface area contributed by atoms with Gasteiger partial charge in [-0.25, -0.2) is 0 Å². The van der Waals surface area contributed by atoms with Crippen LogP contribution in [-0.4, -0.2) is 58.9 Å². The lowest BCUT2D eigenvalue weighted by atomic mass is 9.82. The number of rotatable bonds is 10. The summed E-state index contributed by atoms with van der Waals surface area (Å²) in [6.45, 7) is 5.65. The molecule has 13 nitrogen and oxygen atoms in total. The third-order valence-electron chi connectivity index (χ3n) is 13.6. The molecule has 0 bridgehead atoms. The van der Waals surface area contributed by atoms with Gasteiger partial charge >= 0.3 is 0 Å². The molecule has 6 aromatic carbocycles. The van der Waals surface area contributed by atoms with Crippen molar-refractivity contribution >= 4 is 54.6 Å². The maximum Gasteiger partial charge on any atom is 0.266 e. The average Bonchev–Trinajstić information content (AvgIpc) is 3.93. The number of hydrogen-bond donors (Lipinski definition) is 1. The number of carbonyl (C=O) groups excluding carboxylic acids is 3. The Morgan fingerprint density at radius 1 is 0.706 bits per heavy atom. The second kappa shape index (κ2) is 16.7. The number of fused-ring (bicyclic) bond motifs is 6. The standard InChI is InChI=1S/C53H47FN6O7Si/c1-33-49(68(2,3)54)48(26-28-57-32-35(27-29-61)55-56-57)67-53(33)40-30-37(60-43-15-7-11-19-47(43)66-45-17-9-5-13-39(45)51(60)63)24-25-41(40)58(52(53)64)31-34-20-22-36(23-21-34)59-42-14-6-10-18-46(42)65-44-16-8-4-12-38(44)50(59)62/h4-25,30,32-33,48-49,61H,26-29,31H2,1-3H3/t33-,48+,49-,53+/m1/s1. The van der Waals surface area contributed by atoms with Crippen molar-refractivity contribution in [3.63, 3.8) is 0 Å². The maximum absolute atomic E-state index is 17.0. The number of halogens is 1. The summed E-state index contributed by atoms with van der Waals surface area (Å²) in [5.41, 5.74) is 3.29. The Bertz CT molecular complexity index is 3140. The molecule has 5 heterocycles. The van der Waals surface area contributed by atoms with E-state index in [-0.39, 0.29) is 30.9 Å². The van der Waals surface area contributed by atoms with Crippen LogP contribution in [0.2, 0.25) is 18.6 Å². The minimum Gasteiger partial charge on any atom is -0.454 e. The van der Waals surface area contributed by atoms with Crippen LogP contribution < -0.4 is 24.2 Å². The van der Waals surface area contributed by atoms with E-state index in [1.807, 2.05) is 110 Å². The van der Waals surface area contributed by atoms with Gasteiger partial charge in [0.15, 0.2) is 17.1 Å². The van der Waals surface area contributed by atoms with Gasteiger partial charge in [-0.05, 0) is 104 Å². The Balaban J connectivity index is 0.996. The fraction of sp³-hybridized carbons (Fsp3) is 0.226. The van der Waals surface area contributed by atoms with E-state index in [1.165, 1.54) is 0 Å². The number of aromatic nitrogens is 3. The smallest absolute Gasteiger partial charge is 0.266 e. The highest BCUT2D eigenvalue weighted by Crippen LogP contribution is 2.61. The van der Waals surface area contributed by atoms with Crippen LogP contribution in [0.15, 0.2) is 146 Å². The quantitative estimate of drug-likeness (QED) is 0.105. The molecule has 15 heteroatoms. The van der Waals surface area contributed by atoms with Gasteiger partial charge in [-0.1, -0.05) is 72.8 Å². The number of benzene rings is 6. The summed E-state index contributed by atoms with van der Waals surface area (Å²) >= 11 is 0. The van der Waals surface area contributed by atoms with Gasteiger partial charge in [-0.2, -0.15) is 0 Å². The Kier molecular flexibility index (Phi) is 10.6. The first-order chi connectivity index (χ1) is 32.9. The molecular weight excluding hydrogens is 880 g/mol. The van der Waals surface area contributed by atoms with E-state index >= 15 is 8.90 Å². The highest BCUT2D eigenvalue weighted by atomic mass is 28.4. The first kappa shape index (κ1) is 43.1. The van der Waals surface area contributed by atoms with E-state index < -0.39 is 31.6 Å². The van der Waals surface area contributed by atoms with Crippen molar-refractivity contribution in [2.75, 3.05) is 21.3 Å². The number of ether oxygens (including phenoxy) is 3. The number of anilines is 5. The van der Waals surface area contributed by atoms with Crippen LogP contribution in [0.1, 0.15) is 50.9 Å². The molecule has 1 aromatic heterocycles. The summed E-state index contributed by atoms with van der Waals surface area (Å²) in [6, 6.07) is 42.0. The van der Waals surface area contributed by atoms with Crippen molar-refractivity contribution in [1.82, 2.24) is 15.0 Å². The number of carbonyl (C=O) groups is 3. The number of aliphatic hydroxyl groups is 1. The van der Waals surface area contributed by atoms with Gasteiger partial charge in [0.2, 0.25) is 8.41 Å². The van der Waals surface area contributed by atoms with Gasteiger partial charge in [0.25, 0.3) is 17.7 Å². The van der Waals surface area contributed by atoms with Crippen molar-refractivity contribution in [3.05, 3.63) is 174 Å². The Labute approximate surface area is 393 Å². The first-order valence-corrected chi connectivity index (χ1v) is 25.7. The molecule has 1 N–H and O–H groups in total.